The first-order chi connectivity index (χ1) is 13.1. The molecular weight excluding hydrogens is 349 g/mol. The van der Waals surface area contributed by atoms with Gasteiger partial charge < -0.3 is 19.9 Å². The summed E-state index contributed by atoms with van der Waals surface area (Å²) in [6, 6.07) is 13.0. The number of nitrogens with one attached hydrogen (secondary N) is 1. The van der Waals surface area contributed by atoms with Gasteiger partial charge in [-0.25, -0.2) is 14.0 Å². The van der Waals surface area contributed by atoms with Gasteiger partial charge in [-0.1, -0.05) is 12.1 Å². The average Bonchev–Trinajstić information content (AvgIpc) is 2.69. The van der Waals surface area contributed by atoms with E-state index in [2.05, 4.69) is 5.32 Å². The number of esters is 1. The number of rotatable bonds is 4. The summed E-state index contributed by atoms with van der Waals surface area (Å²) in [5.41, 5.74) is 1.60. The van der Waals surface area contributed by atoms with Gasteiger partial charge in [0, 0.05) is 31.9 Å². The van der Waals surface area contributed by atoms with Crippen LogP contribution in [0.4, 0.5) is 20.6 Å². The number of piperazine rings is 1. The van der Waals surface area contributed by atoms with Crippen molar-refractivity contribution in [1.29, 1.82) is 0 Å². The molecule has 1 fully saturated rings. The van der Waals surface area contributed by atoms with E-state index in [1.807, 2.05) is 4.90 Å². The van der Waals surface area contributed by atoms with Gasteiger partial charge in [0.25, 0.3) is 0 Å². The van der Waals surface area contributed by atoms with Gasteiger partial charge in [-0.05, 0) is 43.3 Å². The minimum absolute atomic E-state index is 0.216. The summed E-state index contributed by atoms with van der Waals surface area (Å²) in [5.74, 6) is -0.642. The number of halogens is 1. The number of carbonyl (C=O) groups is 2. The predicted molar refractivity (Wildman–Crippen MR) is 102 cm³/mol. The van der Waals surface area contributed by atoms with Crippen molar-refractivity contribution in [3.8, 4) is 0 Å². The minimum Gasteiger partial charge on any atom is -0.462 e. The third kappa shape index (κ3) is 4.55. The van der Waals surface area contributed by atoms with Crippen molar-refractivity contribution in [2.45, 2.75) is 6.92 Å². The molecule has 2 aromatic carbocycles. The second-order valence-electron chi connectivity index (χ2n) is 6.15. The van der Waals surface area contributed by atoms with E-state index >= 15 is 0 Å². The summed E-state index contributed by atoms with van der Waals surface area (Å²) in [5, 5.41) is 2.82. The number of ether oxygens (including phenoxy) is 1. The standard InChI is InChI=1S/C20H22FN3O3/c1-2-27-19(25)15-7-9-16(10-8-15)22-20(26)24-13-11-23(12-14-24)18-6-4-3-5-17(18)21/h3-10H,2,11-14H2,1H3,(H,22,26). The van der Waals surface area contributed by atoms with Crippen LogP contribution in [0.5, 0.6) is 0 Å². The summed E-state index contributed by atoms with van der Waals surface area (Å²) < 4.78 is 18.8. The molecule has 7 heteroatoms. The lowest BCUT2D eigenvalue weighted by Crippen LogP contribution is -2.50. The number of para-hydroxylation sites is 1. The zero-order valence-corrected chi connectivity index (χ0v) is 15.2. The molecule has 3 rings (SSSR count). The van der Waals surface area contributed by atoms with Gasteiger partial charge in [0.2, 0.25) is 0 Å². The molecule has 2 aromatic rings. The molecule has 1 aliphatic rings. The van der Waals surface area contributed by atoms with Gasteiger partial charge in [0.15, 0.2) is 0 Å². The molecule has 0 aliphatic carbocycles. The Morgan fingerprint density at radius 1 is 1.04 bits per heavy atom. The number of hydrogen-bond acceptors (Lipinski definition) is 4. The first-order valence-corrected chi connectivity index (χ1v) is 8.91. The maximum absolute atomic E-state index is 13.9. The number of benzene rings is 2. The number of carbonyl (C=O) groups excluding carboxylic acids is 2. The highest BCUT2D eigenvalue weighted by Crippen LogP contribution is 2.20. The largest absolute Gasteiger partial charge is 0.462 e. The smallest absolute Gasteiger partial charge is 0.338 e. The maximum atomic E-state index is 13.9. The highest BCUT2D eigenvalue weighted by molar-refractivity contribution is 5.92. The number of urea groups is 1. The Morgan fingerprint density at radius 2 is 1.70 bits per heavy atom. The van der Waals surface area contributed by atoms with E-state index in [1.54, 1.807) is 54.3 Å². The van der Waals surface area contributed by atoms with Crippen molar-refractivity contribution >= 4 is 23.4 Å². The van der Waals surface area contributed by atoms with Gasteiger partial charge in [0.1, 0.15) is 5.82 Å². The van der Waals surface area contributed by atoms with Gasteiger partial charge >= 0.3 is 12.0 Å². The monoisotopic (exact) mass is 371 g/mol. The van der Waals surface area contributed by atoms with Crippen LogP contribution in [0.3, 0.4) is 0 Å². The van der Waals surface area contributed by atoms with Crippen LogP contribution < -0.4 is 10.2 Å². The second-order valence-corrected chi connectivity index (χ2v) is 6.15. The minimum atomic E-state index is -0.389. The summed E-state index contributed by atoms with van der Waals surface area (Å²) in [6.45, 7) is 4.20. The summed E-state index contributed by atoms with van der Waals surface area (Å²) in [6.07, 6.45) is 0. The highest BCUT2D eigenvalue weighted by Gasteiger charge is 2.22. The Hall–Kier alpha value is -3.09. The average molecular weight is 371 g/mol. The summed E-state index contributed by atoms with van der Waals surface area (Å²) in [4.78, 5) is 27.7. The van der Waals surface area contributed by atoms with Crippen LogP contribution in [0.2, 0.25) is 0 Å². The normalized spacial score (nSPS) is 14.0. The molecule has 142 valence electrons. The van der Waals surface area contributed by atoms with E-state index in [0.717, 1.165) is 0 Å². The fraction of sp³-hybridized carbons (Fsp3) is 0.300. The molecule has 2 amide bonds. The van der Waals surface area contributed by atoms with Gasteiger partial charge in [-0.15, -0.1) is 0 Å². The molecule has 27 heavy (non-hydrogen) atoms. The lowest BCUT2D eigenvalue weighted by Gasteiger charge is -2.36. The van der Waals surface area contributed by atoms with Crippen molar-refractivity contribution in [3.05, 3.63) is 59.9 Å². The van der Waals surface area contributed by atoms with Crippen LogP contribution in [-0.4, -0.2) is 49.7 Å². The third-order valence-corrected chi connectivity index (χ3v) is 4.41. The Bertz CT molecular complexity index is 802. The van der Waals surface area contributed by atoms with E-state index in [1.165, 1.54) is 6.07 Å². The molecule has 0 aromatic heterocycles. The zero-order valence-electron chi connectivity index (χ0n) is 15.2. The molecular formula is C20H22FN3O3. The Labute approximate surface area is 157 Å². The fourth-order valence-electron chi connectivity index (χ4n) is 2.97. The molecule has 1 N–H and O–H groups in total. The van der Waals surface area contributed by atoms with Crippen LogP contribution in [0.1, 0.15) is 17.3 Å². The van der Waals surface area contributed by atoms with Crippen molar-refractivity contribution in [1.82, 2.24) is 4.90 Å². The molecule has 0 bridgehead atoms. The van der Waals surface area contributed by atoms with E-state index in [9.17, 15) is 14.0 Å². The number of amides is 2. The molecule has 0 atom stereocenters. The maximum Gasteiger partial charge on any atom is 0.338 e. The zero-order chi connectivity index (χ0) is 19.2. The van der Waals surface area contributed by atoms with Gasteiger partial charge in [-0.2, -0.15) is 0 Å². The molecule has 0 spiro atoms. The number of hydrogen-bond donors (Lipinski definition) is 1. The van der Waals surface area contributed by atoms with Crippen LogP contribution in [0.15, 0.2) is 48.5 Å². The number of anilines is 2. The van der Waals surface area contributed by atoms with Gasteiger partial charge in [-0.3, -0.25) is 0 Å². The molecule has 1 saturated heterocycles. The summed E-state index contributed by atoms with van der Waals surface area (Å²) in [7, 11) is 0. The molecule has 0 saturated carbocycles. The third-order valence-electron chi connectivity index (χ3n) is 4.41. The van der Waals surface area contributed by atoms with Crippen molar-refractivity contribution in [3.63, 3.8) is 0 Å². The molecule has 1 aliphatic heterocycles. The van der Waals surface area contributed by atoms with E-state index < -0.39 is 0 Å². The van der Waals surface area contributed by atoms with Crippen molar-refractivity contribution in [2.24, 2.45) is 0 Å². The van der Waals surface area contributed by atoms with Crippen LogP contribution >= 0.6 is 0 Å². The highest BCUT2D eigenvalue weighted by atomic mass is 19.1. The van der Waals surface area contributed by atoms with Crippen LogP contribution in [0.25, 0.3) is 0 Å². The molecule has 0 radical (unpaired) electrons. The Kier molecular flexibility index (Phi) is 5.90. The van der Waals surface area contributed by atoms with Crippen LogP contribution in [-0.2, 0) is 4.74 Å². The lowest BCUT2D eigenvalue weighted by atomic mass is 10.2. The predicted octanol–water partition coefficient (Wildman–Crippen LogP) is 3.36. The number of nitrogens with zero attached hydrogens (tertiary/aromatic N) is 2. The quantitative estimate of drug-likeness (QED) is 0.838. The van der Waals surface area contributed by atoms with E-state index in [-0.39, 0.29) is 17.8 Å². The van der Waals surface area contributed by atoms with Crippen LogP contribution in [0, 0.1) is 5.82 Å². The first-order valence-electron chi connectivity index (χ1n) is 8.91. The van der Waals surface area contributed by atoms with Crippen molar-refractivity contribution in [2.75, 3.05) is 43.0 Å². The van der Waals surface area contributed by atoms with E-state index in [0.29, 0.717) is 49.7 Å². The first kappa shape index (κ1) is 18.7. The lowest BCUT2D eigenvalue weighted by molar-refractivity contribution is 0.0526. The van der Waals surface area contributed by atoms with Crippen molar-refractivity contribution < 1.29 is 18.7 Å². The SMILES string of the molecule is CCOC(=O)c1ccc(NC(=O)N2CCN(c3ccccc3F)CC2)cc1. The molecule has 0 unspecified atom stereocenters. The Balaban J connectivity index is 1.54. The topological polar surface area (TPSA) is 61.9 Å². The van der Waals surface area contributed by atoms with Gasteiger partial charge in [0.05, 0.1) is 17.9 Å². The molecule has 6 nitrogen and oxygen atoms in total. The Morgan fingerprint density at radius 3 is 2.33 bits per heavy atom. The fourth-order valence-corrected chi connectivity index (χ4v) is 2.97. The molecule has 1 heterocycles. The van der Waals surface area contributed by atoms with E-state index in [4.69, 9.17) is 4.74 Å². The second kappa shape index (κ2) is 8.53. The summed E-state index contributed by atoms with van der Waals surface area (Å²) >= 11 is 0.